The Labute approximate surface area is 330 Å². The molecule has 6 saturated carbocycles. The van der Waals surface area contributed by atoms with Crippen LogP contribution in [0.1, 0.15) is 168 Å². The van der Waals surface area contributed by atoms with Crippen LogP contribution in [0.2, 0.25) is 0 Å². The average molecular weight is 771 g/mol. The Morgan fingerprint density at radius 1 is 0.473 bits per heavy atom. The van der Waals surface area contributed by atoms with E-state index in [1.54, 1.807) is 0 Å². The number of amides is 2. The van der Waals surface area contributed by atoms with Gasteiger partial charge < -0.3 is 30.3 Å². The lowest BCUT2D eigenvalue weighted by atomic mass is 9.66. The molecule has 0 aromatic rings. The lowest BCUT2D eigenvalue weighted by Gasteiger charge is -2.39. The maximum Gasteiger partial charge on any atom is 0.307 e. The first-order valence-corrected chi connectivity index (χ1v) is 22.7. The summed E-state index contributed by atoms with van der Waals surface area (Å²) in [5, 5.41) is 26.4. The van der Waals surface area contributed by atoms with Crippen molar-refractivity contribution in [3.05, 3.63) is 0 Å². The van der Waals surface area contributed by atoms with Crippen LogP contribution in [0, 0.1) is 52.8 Å². The number of hydrogen-bond acceptors (Lipinski definition) is 6. The zero-order valence-corrected chi connectivity index (χ0v) is 34.2. The molecular weight excluding hydrogens is 697 g/mol. The maximum atomic E-state index is 13.5. The topological polar surface area (TPSA) is 151 Å². The van der Waals surface area contributed by atoms with Gasteiger partial charge in [0.15, 0.2) is 0 Å². The van der Waals surface area contributed by atoms with E-state index in [0.29, 0.717) is 49.7 Å². The highest BCUT2D eigenvalue weighted by molar-refractivity contribution is 5.85. The normalized spacial score (nSPS) is 35.7. The van der Waals surface area contributed by atoms with E-state index in [0.717, 1.165) is 77.0 Å². The summed E-state index contributed by atoms with van der Waals surface area (Å²) in [6.45, 7) is 5.55. The van der Waals surface area contributed by atoms with E-state index in [9.17, 15) is 29.4 Å². The monoisotopic (exact) mass is 771 g/mol. The highest BCUT2D eigenvalue weighted by Gasteiger charge is 2.44. The van der Waals surface area contributed by atoms with Crippen molar-refractivity contribution in [3.8, 4) is 0 Å². The zero-order chi connectivity index (χ0) is 39.0. The van der Waals surface area contributed by atoms with Gasteiger partial charge in [0.1, 0.15) is 0 Å². The van der Waals surface area contributed by atoms with Crippen LogP contribution >= 0.6 is 0 Å². The Kier molecular flexibility index (Phi) is 15.4. The van der Waals surface area contributed by atoms with Crippen molar-refractivity contribution in [2.75, 3.05) is 13.2 Å². The summed E-state index contributed by atoms with van der Waals surface area (Å²) in [6, 6.07) is 0.153. The molecule has 4 N–H and O–H groups in total. The summed E-state index contributed by atoms with van der Waals surface area (Å²) in [4.78, 5) is 51.3. The number of ether oxygens (including phenoxy) is 2. The third-order valence-electron chi connectivity index (χ3n) is 15.2. The molecule has 312 valence electrons. The van der Waals surface area contributed by atoms with Crippen LogP contribution in [-0.2, 0) is 28.7 Å². The Morgan fingerprint density at radius 3 is 1.18 bits per heavy atom. The van der Waals surface area contributed by atoms with Crippen LogP contribution in [-0.4, -0.2) is 71.5 Å². The summed E-state index contributed by atoms with van der Waals surface area (Å²) in [6.07, 6.45) is 24.3. The molecule has 6 atom stereocenters. The predicted octanol–water partition coefficient (Wildman–Crippen LogP) is 8.30. The Morgan fingerprint density at radius 2 is 0.836 bits per heavy atom. The second kappa shape index (κ2) is 20.0. The smallest absolute Gasteiger partial charge is 0.307 e. The Bertz CT molecular complexity index is 1170. The second-order valence-electron chi connectivity index (χ2n) is 19.8. The zero-order valence-electron chi connectivity index (χ0n) is 34.2. The van der Waals surface area contributed by atoms with E-state index in [4.69, 9.17) is 9.47 Å². The molecule has 6 aliphatic rings. The van der Waals surface area contributed by atoms with Crippen LogP contribution in [0.15, 0.2) is 0 Å². The number of carboxylic acids is 2. The van der Waals surface area contributed by atoms with E-state index >= 15 is 0 Å². The molecular formula is C45H74N2O8. The van der Waals surface area contributed by atoms with Gasteiger partial charge in [-0.25, -0.2) is 0 Å². The highest BCUT2D eigenvalue weighted by atomic mass is 16.5. The van der Waals surface area contributed by atoms with Gasteiger partial charge in [-0.05, 0) is 114 Å². The third kappa shape index (κ3) is 11.9. The SMILES string of the molecule is CC(C)(COC1CCC(NC(=O)C2CC(C3CCCCC3)CCC2C(=O)O)CC1)COC1CCC(NC(=O)C2CC(C3CCCCC3)CCC2C(=O)O)CC1. The second-order valence-corrected chi connectivity index (χ2v) is 19.8. The van der Waals surface area contributed by atoms with Crippen LogP contribution in [0.4, 0.5) is 0 Å². The Balaban J connectivity index is 0.867. The van der Waals surface area contributed by atoms with E-state index in [2.05, 4.69) is 24.5 Å². The summed E-state index contributed by atoms with van der Waals surface area (Å²) in [7, 11) is 0. The number of aliphatic carboxylic acids is 2. The molecule has 6 aliphatic carbocycles. The fourth-order valence-electron chi connectivity index (χ4n) is 11.7. The van der Waals surface area contributed by atoms with Gasteiger partial charge in [-0.1, -0.05) is 78.1 Å². The molecule has 6 rings (SSSR count). The lowest BCUT2D eigenvalue weighted by molar-refractivity contribution is -0.150. The minimum atomic E-state index is -0.823. The molecule has 55 heavy (non-hydrogen) atoms. The van der Waals surface area contributed by atoms with Crippen molar-refractivity contribution in [2.45, 2.75) is 192 Å². The fraction of sp³-hybridized carbons (Fsp3) is 0.911. The van der Waals surface area contributed by atoms with Gasteiger partial charge in [-0.15, -0.1) is 0 Å². The van der Waals surface area contributed by atoms with E-state index < -0.39 is 35.6 Å². The number of rotatable bonds is 14. The third-order valence-corrected chi connectivity index (χ3v) is 15.2. The highest BCUT2D eigenvalue weighted by Crippen LogP contribution is 2.44. The lowest BCUT2D eigenvalue weighted by Crippen LogP contribution is -2.47. The van der Waals surface area contributed by atoms with Crippen LogP contribution in [0.3, 0.4) is 0 Å². The van der Waals surface area contributed by atoms with Crippen molar-refractivity contribution in [1.82, 2.24) is 10.6 Å². The summed E-state index contributed by atoms with van der Waals surface area (Å²) in [5.41, 5.74) is -0.153. The van der Waals surface area contributed by atoms with Gasteiger partial charge >= 0.3 is 11.9 Å². The van der Waals surface area contributed by atoms with Gasteiger partial charge in [0.2, 0.25) is 11.8 Å². The summed E-state index contributed by atoms with van der Waals surface area (Å²) >= 11 is 0. The first-order valence-electron chi connectivity index (χ1n) is 22.7. The molecule has 6 fully saturated rings. The average Bonchev–Trinajstić information content (AvgIpc) is 3.20. The minimum absolute atomic E-state index is 0.0500. The van der Waals surface area contributed by atoms with Crippen molar-refractivity contribution < 1.29 is 38.9 Å². The number of hydrogen-bond donors (Lipinski definition) is 4. The number of nitrogens with one attached hydrogen (secondary N) is 2. The molecule has 0 bridgehead atoms. The fourth-order valence-corrected chi connectivity index (χ4v) is 11.7. The van der Waals surface area contributed by atoms with Gasteiger partial charge in [0.25, 0.3) is 0 Å². The molecule has 10 heteroatoms. The van der Waals surface area contributed by atoms with Crippen LogP contribution < -0.4 is 10.6 Å². The maximum absolute atomic E-state index is 13.5. The first-order chi connectivity index (χ1) is 26.5. The quantitative estimate of drug-likeness (QED) is 0.138. The number of carbonyl (C=O) groups excluding carboxylic acids is 2. The van der Waals surface area contributed by atoms with Crippen LogP contribution in [0.25, 0.3) is 0 Å². The molecule has 0 saturated heterocycles. The van der Waals surface area contributed by atoms with E-state index in [1.165, 1.54) is 64.2 Å². The van der Waals surface area contributed by atoms with Gasteiger partial charge in [-0.3, -0.25) is 19.2 Å². The molecule has 2 amide bonds. The number of carbonyl (C=O) groups is 4. The van der Waals surface area contributed by atoms with Crippen molar-refractivity contribution in [2.24, 2.45) is 52.8 Å². The van der Waals surface area contributed by atoms with Gasteiger partial charge in [-0.2, -0.15) is 0 Å². The summed E-state index contributed by atoms with van der Waals surface area (Å²) < 4.78 is 12.8. The molecule has 6 unspecified atom stereocenters. The molecule has 0 aromatic heterocycles. The summed E-state index contributed by atoms with van der Waals surface area (Å²) in [5.74, 6) is -1.48. The van der Waals surface area contributed by atoms with E-state index in [1.807, 2.05) is 0 Å². The molecule has 0 radical (unpaired) electrons. The van der Waals surface area contributed by atoms with E-state index in [-0.39, 0.29) is 41.5 Å². The van der Waals surface area contributed by atoms with Gasteiger partial charge in [0, 0.05) is 17.5 Å². The van der Waals surface area contributed by atoms with Gasteiger partial charge in [0.05, 0.1) is 49.1 Å². The molecule has 10 nitrogen and oxygen atoms in total. The minimum Gasteiger partial charge on any atom is -0.481 e. The predicted molar refractivity (Wildman–Crippen MR) is 211 cm³/mol. The standard InChI is InChI=1S/C45H74N2O8/c1-45(2,27-54-35-19-15-33(16-20-35)46-41(48)39-25-31(13-23-37(39)43(50)51)29-9-5-3-6-10-29)28-55-36-21-17-34(18-22-36)47-42(49)40-26-32(14-24-38(40)44(52)53)30-11-7-4-8-12-30/h29-40H,3-28H2,1-2H3,(H,46,48)(H,47,49)(H,50,51)(H,52,53). The number of carboxylic acid groups (broad SMARTS) is 2. The van der Waals surface area contributed by atoms with Crippen LogP contribution in [0.5, 0.6) is 0 Å². The Hall–Kier alpha value is -2.20. The molecule has 0 aliphatic heterocycles. The van der Waals surface area contributed by atoms with Crippen molar-refractivity contribution in [3.63, 3.8) is 0 Å². The van der Waals surface area contributed by atoms with Crippen molar-refractivity contribution >= 4 is 23.8 Å². The molecule has 0 aromatic carbocycles. The molecule has 0 heterocycles. The van der Waals surface area contributed by atoms with Crippen molar-refractivity contribution in [1.29, 1.82) is 0 Å². The molecule has 0 spiro atoms. The largest absolute Gasteiger partial charge is 0.481 e. The first kappa shape index (κ1) is 42.4.